The standard InChI is InChI=1S/C12H10BrFOS/c1-9(15)16-5-3-2-4-10-6-11(13)8-12(14)7-10/h6-8H,3,5H2,1H3. The molecule has 0 amide bonds. The van der Waals surface area contributed by atoms with Crippen molar-refractivity contribution in [1.82, 2.24) is 0 Å². The van der Waals surface area contributed by atoms with Crippen LogP contribution in [0, 0.1) is 17.7 Å². The number of carbonyl (C=O) groups excluding carboxylic acids is 1. The van der Waals surface area contributed by atoms with Gasteiger partial charge >= 0.3 is 0 Å². The van der Waals surface area contributed by atoms with E-state index >= 15 is 0 Å². The fourth-order valence-electron chi connectivity index (χ4n) is 1.04. The van der Waals surface area contributed by atoms with E-state index in [9.17, 15) is 9.18 Å². The molecule has 0 bridgehead atoms. The summed E-state index contributed by atoms with van der Waals surface area (Å²) in [6, 6.07) is 4.53. The first-order valence-electron chi connectivity index (χ1n) is 4.66. The lowest BCUT2D eigenvalue weighted by Crippen LogP contribution is -1.84. The van der Waals surface area contributed by atoms with Crippen molar-refractivity contribution in [3.8, 4) is 11.8 Å². The smallest absolute Gasteiger partial charge is 0.185 e. The Labute approximate surface area is 107 Å². The van der Waals surface area contributed by atoms with Gasteiger partial charge in [-0.15, -0.1) is 0 Å². The van der Waals surface area contributed by atoms with E-state index < -0.39 is 0 Å². The van der Waals surface area contributed by atoms with Gasteiger partial charge in [-0.3, -0.25) is 4.79 Å². The third-order valence-corrected chi connectivity index (χ3v) is 2.90. The number of hydrogen-bond acceptors (Lipinski definition) is 2. The van der Waals surface area contributed by atoms with Crippen LogP contribution in [-0.4, -0.2) is 10.9 Å². The summed E-state index contributed by atoms with van der Waals surface area (Å²) in [4.78, 5) is 10.6. The minimum absolute atomic E-state index is 0.0929. The van der Waals surface area contributed by atoms with E-state index in [1.807, 2.05) is 0 Å². The lowest BCUT2D eigenvalue weighted by molar-refractivity contribution is -0.109. The zero-order chi connectivity index (χ0) is 12.0. The molecule has 0 aliphatic carbocycles. The molecule has 0 saturated carbocycles. The molecule has 0 heterocycles. The Morgan fingerprint density at radius 1 is 1.50 bits per heavy atom. The van der Waals surface area contributed by atoms with Gasteiger partial charge in [0.25, 0.3) is 0 Å². The summed E-state index contributed by atoms with van der Waals surface area (Å²) in [5.74, 6) is 6.13. The molecule has 84 valence electrons. The van der Waals surface area contributed by atoms with Gasteiger partial charge in [0.15, 0.2) is 5.12 Å². The summed E-state index contributed by atoms with van der Waals surface area (Å²) in [5, 5.41) is 0.0929. The molecular weight excluding hydrogens is 291 g/mol. The molecule has 0 radical (unpaired) electrons. The average molecular weight is 301 g/mol. The second-order valence-electron chi connectivity index (χ2n) is 3.05. The molecule has 1 rings (SSSR count). The minimum atomic E-state index is -0.309. The molecule has 1 aromatic carbocycles. The van der Waals surface area contributed by atoms with Crippen LogP contribution in [0.1, 0.15) is 18.9 Å². The fraction of sp³-hybridized carbons (Fsp3) is 0.250. The number of benzene rings is 1. The van der Waals surface area contributed by atoms with E-state index in [0.29, 0.717) is 22.2 Å². The third kappa shape index (κ3) is 5.34. The number of rotatable bonds is 2. The highest BCUT2D eigenvalue weighted by molar-refractivity contribution is 9.10. The van der Waals surface area contributed by atoms with Crippen molar-refractivity contribution in [2.45, 2.75) is 13.3 Å². The van der Waals surface area contributed by atoms with Gasteiger partial charge in [-0.1, -0.05) is 39.5 Å². The van der Waals surface area contributed by atoms with Crippen LogP contribution in [0.25, 0.3) is 0 Å². The molecule has 1 nitrogen and oxygen atoms in total. The van der Waals surface area contributed by atoms with Crippen LogP contribution in [0.2, 0.25) is 0 Å². The van der Waals surface area contributed by atoms with Gasteiger partial charge < -0.3 is 0 Å². The molecule has 0 aliphatic heterocycles. The van der Waals surface area contributed by atoms with Gasteiger partial charge in [0.05, 0.1) is 0 Å². The van der Waals surface area contributed by atoms with Crippen molar-refractivity contribution in [3.63, 3.8) is 0 Å². The van der Waals surface area contributed by atoms with Crippen molar-refractivity contribution in [2.75, 3.05) is 5.75 Å². The highest BCUT2D eigenvalue weighted by Crippen LogP contribution is 2.14. The summed E-state index contributed by atoms with van der Waals surface area (Å²) in [5.41, 5.74) is 0.639. The topological polar surface area (TPSA) is 17.1 Å². The van der Waals surface area contributed by atoms with Crippen LogP contribution < -0.4 is 0 Å². The highest BCUT2D eigenvalue weighted by atomic mass is 79.9. The molecule has 0 fully saturated rings. The summed E-state index contributed by atoms with van der Waals surface area (Å²) in [6.45, 7) is 1.53. The van der Waals surface area contributed by atoms with E-state index in [1.165, 1.54) is 30.8 Å². The number of carbonyl (C=O) groups is 1. The molecule has 16 heavy (non-hydrogen) atoms. The average Bonchev–Trinajstić information content (AvgIpc) is 2.15. The normalized spacial score (nSPS) is 9.44. The van der Waals surface area contributed by atoms with Crippen molar-refractivity contribution in [3.05, 3.63) is 34.1 Å². The third-order valence-electron chi connectivity index (χ3n) is 1.63. The van der Waals surface area contributed by atoms with Crippen LogP contribution >= 0.6 is 27.7 Å². The second kappa shape index (κ2) is 6.72. The maximum absolute atomic E-state index is 13.0. The Morgan fingerprint density at radius 3 is 2.88 bits per heavy atom. The van der Waals surface area contributed by atoms with E-state index in [4.69, 9.17) is 0 Å². The predicted octanol–water partition coefficient (Wildman–Crippen LogP) is 3.61. The zero-order valence-electron chi connectivity index (χ0n) is 8.72. The van der Waals surface area contributed by atoms with Gasteiger partial charge in [0.2, 0.25) is 0 Å². The number of hydrogen-bond donors (Lipinski definition) is 0. The van der Waals surface area contributed by atoms with Crippen molar-refractivity contribution in [2.24, 2.45) is 0 Å². The molecule has 0 unspecified atom stereocenters. The summed E-state index contributed by atoms with van der Waals surface area (Å²) in [6.07, 6.45) is 0.623. The van der Waals surface area contributed by atoms with Gasteiger partial charge in [0, 0.05) is 29.1 Å². The molecule has 0 saturated heterocycles. The van der Waals surface area contributed by atoms with Gasteiger partial charge in [0.1, 0.15) is 5.82 Å². The van der Waals surface area contributed by atoms with Crippen LogP contribution in [0.15, 0.2) is 22.7 Å². The molecular formula is C12H10BrFOS. The maximum Gasteiger partial charge on any atom is 0.185 e. The Hall–Kier alpha value is -0.790. The molecule has 0 atom stereocenters. The van der Waals surface area contributed by atoms with Gasteiger partial charge in [-0.05, 0) is 18.2 Å². The Morgan fingerprint density at radius 2 is 2.25 bits per heavy atom. The highest BCUT2D eigenvalue weighted by Gasteiger charge is 1.95. The van der Waals surface area contributed by atoms with Crippen molar-refractivity contribution < 1.29 is 9.18 Å². The van der Waals surface area contributed by atoms with E-state index in [2.05, 4.69) is 27.8 Å². The summed E-state index contributed by atoms with van der Waals surface area (Å²) in [7, 11) is 0. The molecule has 0 aromatic heterocycles. The largest absolute Gasteiger partial charge is 0.288 e. The summed E-state index contributed by atoms with van der Waals surface area (Å²) >= 11 is 4.45. The molecule has 0 spiro atoms. The predicted molar refractivity (Wildman–Crippen MR) is 68.7 cm³/mol. The fourth-order valence-corrected chi connectivity index (χ4v) is 1.99. The van der Waals surface area contributed by atoms with Crippen LogP contribution in [0.3, 0.4) is 0 Å². The SMILES string of the molecule is CC(=O)SCCC#Cc1cc(F)cc(Br)c1. The van der Waals surface area contributed by atoms with Crippen molar-refractivity contribution in [1.29, 1.82) is 0 Å². The van der Waals surface area contributed by atoms with Gasteiger partial charge in [-0.25, -0.2) is 4.39 Å². The van der Waals surface area contributed by atoms with E-state index in [1.54, 1.807) is 6.07 Å². The Balaban J connectivity index is 2.53. The Bertz CT molecular complexity index is 428. The van der Waals surface area contributed by atoms with E-state index in [-0.39, 0.29) is 10.9 Å². The zero-order valence-corrected chi connectivity index (χ0v) is 11.1. The Kier molecular flexibility index (Phi) is 5.58. The lowest BCUT2D eigenvalue weighted by Gasteiger charge is -1.94. The first-order chi connectivity index (χ1) is 7.58. The second-order valence-corrected chi connectivity index (χ2v) is 5.24. The number of halogens is 2. The first kappa shape index (κ1) is 13.3. The molecule has 4 heteroatoms. The quantitative estimate of drug-likeness (QED) is 0.613. The van der Waals surface area contributed by atoms with E-state index in [0.717, 1.165) is 0 Å². The van der Waals surface area contributed by atoms with Gasteiger partial charge in [-0.2, -0.15) is 0 Å². The molecule has 0 aliphatic rings. The molecule has 0 N–H and O–H groups in total. The lowest BCUT2D eigenvalue weighted by atomic mass is 10.2. The molecule has 1 aromatic rings. The first-order valence-corrected chi connectivity index (χ1v) is 6.44. The number of thioether (sulfide) groups is 1. The van der Waals surface area contributed by atoms with Crippen LogP contribution in [-0.2, 0) is 4.79 Å². The van der Waals surface area contributed by atoms with Crippen molar-refractivity contribution >= 4 is 32.8 Å². The minimum Gasteiger partial charge on any atom is -0.288 e. The maximum atomic E-state index is 13.0. The van der Waals surface area contributed by atoms with Crippen LogP contribution in [0.4, 0.5) is 4.39 Å². The van der Waals surface area contributed by atoms with Crippen LogP contribution in [0.5, 0.6) is 0 Å². The monoisotopic (exact) mass is 300 g/mol. The summed E-state index contributed by atoms with van der Waals surface area (Å²) < 4.78 is 13.6.